The van der Waals surface area contributed by atoms with Gasteiger partial charge in [-0.2, -0.15) is 0 Å². The van der Waals surface area contributed by atoms with Gasteiger partial charge in [0.15, 0.2) is 6.29 Å². The number of rotatable bonds is 5. The van der Waals surface area contributed by atoms with E-state index in [9.17, 15) is 30.6 Å². The maximum atomic E-state index is 10.1. The van der Waals surface area contributed by atoms with Crippen LogP contribution in [0.15, 0.2) is 0 Å². The quantitative estimate of drug-likeness (QED) is 0.239. The van der Waals surface area contributed by atoms with Crippen LogP contribution in [-0.2, 0) is 14.2 Å². The average molecular weight is 468 g/mol. The second kappa shape index (κ2) is 7.87. The number of aliphatic hydroxyl groups is 6. The molecule has 0 aromatic rings. The van der Waals surface area contributed by atoms with Gasteiger partial charge in [-0.1, -0.05) is 31.9 Å². The number of halogens is 2. The summed E-state index contributed by atoms with van der Waals surface area (Å²) in [5.41, 5.74) is 0. The lowest BCUT2D eigenvalue weighted by Crippen LogP contribution is -2.62. The minimum atomic E-state index is -2.03. The van der Waals surface area contributed by atoms with Gasteiger partial charge in [-0.25, -0.2) is 0 Å². The smallest absolute Gasteiger partial charge is 0.223 e. The van der Waals surface area contributed by atoms with Crippen molar-refractivity contribution in [3.05, 3.63) is 0 Å². The fourth-order valence-corrected chi connectivity index (χ4v) is 3.64. The molecule has 0 bridgehead atoms. The molecule has 11 heteroatoms. The van der Waals surface area contributed by atoms with E-state index in [1.165, 1.54) is 0 Å². The highest BCUT2D eigenvalue weighted by Crippen LogP contribution is 2.36. The average Bonchev–Trinajstić information content (AvgIpc) is 2.80. The third-order valence-corrected chi connectivity index (χ3v) is 5.29. The molecule has 2 fully saturated rings. The molecule has 0 aromatic heterocycles. The zero-order chi connectivity index (χ0) is 17.4. The molecule has 9 atom stereocenters. The molecule has 6 N–H and O–H groups in total. The second-order valence-corrected chi connectivity index (χ2v) is 6.80. The molecular weight excluding hydrogens is 448 g/mol. The minimum Gasteiger partial charge on any atom is -0.391 e. The van der Waals surface area contributed by atoms with Crippen LogP contribution in [0, 0.1) is 0 Å². The first kappa shape index (κ1) is 19.9. The summed E-state index contributed by atoms with van der Waals surface area (Å²) < 4.78 is 16.1. The molecule has 0 radical (unpaired) electrons. The maximum absolute atomic E-state index is 10.1. The van der Waals surface area contributed by atoms with Crippen LogP contribution in [0.1, 0.15) is 0 Å². The SMILES string of the molecule is OCC1(OC2OC(CBr)C(O)C(O)C2O)OC(CBr)C(O)C1O. The van der Waals surface area contributed by atoms with Crippen molar-refractivity contribution in [3.63, 3.8) is 0 Å². The molecule has 0 aromatic carbocycles. The predicted molar refractivity (Wildman–Crippen MR) is 82.1 cm³/mol. The Balaban J connectivity index is 2.18. The van der Waals surface area contributed by atoms with Gasteiger partial charge in [0.2, 0.25) is 5.79 Å². The molecule has 9 unspecified atom stereocenters. The van der Waals surface area contributed by atoms with Crippen LogP contribution < -0.4 is 0 Å². The summed E-state index contributed by atoms with van der Waals surface area (Å²) in [4.78, 5) is 0. The van der Waals surface area contributed by atoms with Gasteiger partial charge >= 0.3 is 0 Å². The van der Waals surface area contributed by atoms with E-state index in [4.69, 9.17) is 14.2 Å². The van der Waals surface area contributed by atoms with Gasteiger partial charge in [0.05, 0.1) is 12.2 Å². The summed E-state index contributed by atoms with van der Waals surface area (Å²) >= 11 is 6.21. The van der Waals surface area contributed by atoms with Crippen LogP contribution in [0.25, 0.3) is 0 Å². The largest absolute Gasteiger partial charge is 0.391 e. The fourth-order valence-electron chi connectivity index (χ4n) is 2.59. The Hall–Kier alpha value is 0.600. The monoisotopic (exact) mass is 466 g/mol. The zero-order valence-electron chi connectivity index (χ0n) is 11.9. The first-order valence-electron chi connectivity index (χ1n) is 6.95. The van der Waals surface area contributed by atoms with Gasteiger partial charge in [-0.05, 0) is 0 Å². The van der Waals surface area contributed by atoms with Gasteiger partial charge in [-0.15, -0.1) is 0 Å². The lowest BCUT2D eigenvalue weighted by atomic mass is 9.99. The molecule has 2 aliphatic heterocycles. The Kier molecular flexibility index (Phi) is 6.82. The normalized spacial score (nSPS) is 51.1. The molecule has 0 amide bonds. The first-order valence-corrected chi connectivity index (χ1v) is 9.19. The van der Waals surface area contributed by atoms with E-state index in [1.807, 2.05) is 0 Å². The molecule has 2 aliphatic rings. The predicted octanol–water partition coefficient (Wildman–Crippen LogP) is -2.59. The van der Waals surface area contributed by atoms with E-state index in [0.29, 0.717) is 0 Å². The summed E-state index contributed by atoms with van der Waals surface area (Å²) in [5.74, 6) is -2.03. The van der Waals surface area contributed by atoms with Crippen molar-refractivity contribution in [1.29, 1.82) is 0 Å². The molecule has 23 heavy (non-hydrogen) atoms. The van der Waals surface area contributed by atoms with Crippen LogP contribution in [0.2, 0.25) is 0 Å². The molecule has 2 saturated heterocycles. The first-order chi connectivity index (χ1) is 10.8. The van der Waals surface area contributed by atoms with Crippen molar-refractivity contribution in [3.8, 4) is 0 Å². The van der Waals surface area contributed by atoms with Crippen LogP contribution in [0.4, 0.5) is 0 Å². The molecular formula is C12H20Br2O9. The van der Waals surface area contributed by atoms with Crippen molar-refractivity contribution in [2.45, 2.75) is 54.8 Å². The lowest BCUT2D eigenvalue weighted by molar-refractivity contribution is -0.378. The van der Waals surface area contributed by atoms with Crippen LogP contribution in [0.3, 0.4) is 0 Å². The summed E-state index contributed by atoms with van der Waals surface area (Å²) in [6.45, 7) is -0.821. The summed E-state index contributed by atoms with van der Waals surface area (Å²) in [6, 6.07) is 0. The summed E-state index contributed by atoms with van der Waals surface area (Å²) in [6.07, 6.45) is -10.7. The number of alkyl halides is 2. The standard InChI is InChI=1S/C12H20Br2O9/c13-1-4-6(16)8(18)9(19)11(21-4)23-12(3-15)10(20)7(17)5(2-14)22-12/h4-11,15-20H,1-3H2. The highest BCUT2D eigenvalue weighted by Gasteiger charge is 2.58. The van der Waals surface area contributed by atoms with E-state index in [2.05, 4.69) is 31.9 Å². The molecule has 0 aliphatic carbocycles. The summed E-state index contributed by atoms with van der Waals surface area (Å²) in [5, 5.41) is 59.6. The van der Waals surface area contributed by atoms with Gasteiger partial charge < -0.3 is 44.8 Å². The van der Waals surface area contributed by atoms with E-state index in [1.54, 1.807) is 0 Å². The Morgan fingerprint density at radius 2 is 1.48 bits per heavy atom. The molecule has 136 valence electrons. The van der Waals surface area contributed by atoms with Gasteiger partial charge in [0, 0.05) is 10.7 Å². The minimum absolute atomic E-state index is 0.153. The van der Waals surface area contributed by atoms with E-state index < -0.39 is 61.4 Å². The van der Waals surface area contributed by atoms with Gasteiger partial charge in [0.25, 0.3) is 0 Å². The van der Waals surface area contributed by atoms with Gasteiger partial charge in [0.1, 0.15) is 37.1 Å². The van der Waals surface area contributed by atoms with Crippen LogP contribution in [-0.4, -0.2) is 103 Å². The molecule has 2 rings (SSSR count). The second-order valence-electron chi connectivity index (χ2n) is 5.50. The third-order valence-electron chi connectivity index (χ3n) is 4.01. The summed E-state index contributed by atoms with van der Waals surface area (Å²) in [7, 11) is 0. The lowest BCUT2D eigenvalue weighted by Gasteiger charge is -2.43. The highest BCUT2D eigenvalue weighted by atomic mass is 79.9. The van der Waals surface area contributed by atoms with E-state index in [0.717, 1.165) is 0 Å². The highest BCUT2D eigenvalue weighted by molar-refractivity contribution is 9.09. The molecule has 0 saturated carbocycles. The maximum Gasteiger partial charge on any atom is 0.223 e. The zero-order valence-corrected chi connectivity index (χ0v) is 15.1. The van der Waals surface area contributed by atoms with Crippen LogP contribution in [0.5, 0.6) is 0 Å². The Morgan fingerprint density at radius 3 is 1.96 bits per heavy atom. The van der Waals surface area contributed by atoms with Gasteiger partial charge in [-0.3, -0.25) is 0 Å². The molecule has 0 spiro atoms. The number of hydrogen-bond acceptors (Lipinski definition) is 9. The molecule has 2 heterocycles. The Bertz CT molecular complexity index is 401. The van der Waals surface area contributed by atoms with E-state index in [-0.39, 0.29) is 10.7 Å². The number of aliphatic hydroxyl groups excluding tert-OH is 6. The van der Waals surface area contributed by atoms with E-state index >= 15 is 0 Å². The van der Waals surface area contributed by atoms with Crippen molar-refractivity contribution in [2.75, 3.05) is 17.3 Å². The third kappa shape index (κ3) is 3.60. The van der Waals surface area contributed by atoms with Crippen molar-refractivity contribution in [1.82, 2.24) is 0 Å². The Morgan fingerprint density at radius 1 is 0.870 bits per heavy atom. The number of hydrogen-bond donors (Lipinski definition) is 6. The Labute approximate surface area is 149 Å². The fraction of sp³-hybridized carbons (Fsp3) is 1.00. The topological polar surface area (TPSA) is 149 Å². The number of ether oxygens (including phenoxy) is 3. The van der Waals surface area contributed by atoms with Crippen molar-refractivity contribution in [2.24, 2.45) is 0 Å². The molecule has 9 nitrogen and oxygen atoms in total. The van der Waals surface area contributed by atoms with Crippen LogP contribution >= 0.6 is 31.9 Å². The van der Waals surface area contributed by atoms with Crippen molar-refractivity contribution < 1.29 is 44.8 Å². The van der Waals surface area contributed by atoms with Crippen molar-refractivity contribution >= 4 is 31.9 Å².